The standard InChI is InChI=1S/C21H25NO3/c1-24-19-8-4-5-16(13-19)11-12-22-21(23)15-25-20-10-9-17-6-2-3-7-18(17)14-20/h4-5,8-10,13-14H,2-3,6-7,11-12,15H2,1H3,(H,22,23). The first-order valence-electron chi connectivity index (χ1n) is 8.89. The Balaban J connectivity index is 1.42. The van der Waals surface area contributed by atoms with Gasteiger partial charge in [0, 0.05) is 6.54 Å². The smallest absolute Gasteiger partial charge is 0.257 e. The van der Waals surface area contributed by atoms with E-state index in [0.717, 1.165) is 36.3 Å². The van der Waals surface area contributed by atoms with Gasteiger partial charge in [-0.1, -0.05) is 18.2 Å². The number of carbonyl (C=O) groups excluding carboxylic acids is 1. The van der Waals surface area contributed by atoms with Gasteiger partial charge in [-0.3, -0.25) is 4.79 Å². The largest absolute Gasteiger partial charge is 0.497 e. The topological polar surface area (TPSA) is 47.6 Å². The van der Waals surface area contributed by atoms with Crippen LogP contribution in [0, 0.1) is 0 Å². The highest BCUT2D eigenvalue weighted by Gasteiger charge is 2.10. The molecule has 0 aromatic heterocycles. The Morgan fingerprint density at radius 3 is 2.72 bits per heavy atom. The van der Waals surface area contributed by atoms with Gasteiger partial charge in [-0.25, -0.2) is 0 Å². The van der Waals surface area contributed by atoms with E-state index >= 15 is 0 Å². The van der Waals surface area contributed by atoms with Crippen LogP contribution in [0.4, 0.5) is 0 Å². The summed E-state index contributed by atoms with van der Waals surface area (Å²) < 4.78 is 10.8. The predicted octanol–water partition coefficient (Wildman–Crippen LogP) is 3.31. The second-order valence-electron chi connectivity index (χ2n) is 6.38. The molecular formula is C21H25NO3. The van der Waals surface area contributed by atoms with Gasteiger partial charge in [-0.05, 0) is 73.1 Å². The molecule has 0 aliphatic heterocycles. The van der Waals surface area contributed by atoms with Crippen LogP contribution in [0.15, 0.2) is 42.5 Å². The maximum atomic E-state index is 12.0. The Hall–Kier alpha value is -2.49. The van der Waals surface area contributed by atoms with Crippen molar-refractivity contribution in [3.8, 4) is 11.5 Å². The number of aryl methyl sites for hydroxylation is 2. The van der Waals surface area contributed by atoms with Gasteiger partial charge < -0.3 is 14.8 Å². The van der Waals surface area contributed by atoms with Gasteiger partial charge in [0.1, 0.15) is 11.5 Å². The van der Waals surface area contributed by atoms with E-state index in [1.165, 1.54) is 24.0 Å². The number of ether oxygens (including phenoxy) is 2. The van der Waals surface area contributed by atoms with Crippen LogP contribution in [0.5, 0.6) is 11.5 Å². The van der Waals surface area contributed by atoms with Crippen LogP contribution >= 0.6 is 0 Å². The zero-order valence-electron chi connectivity index (χ0n) is 14.7. The molecule has 0 heterocycles. The Bertz CT molecular complexity index is 727. The lowest BCUT2D eigenvalue weighted by Crippen LogP contribution is -2.30. The van der Waals surface area contributed by atoms with Gasteiger partial charge >= 0.3 is 0 Å². The minimum Gasteiger partial charge on any atom is -0.497 e. The number of hydrogen-bond acceptors (Lipinski definition) is 3. The molecule has 4 heteroatoms. The molecule has 0 saturated carbocycles. The summed E-state index contributed by atoms with van der Waals surface area (Å²) in [7, 11) is 1.65. The van der Waals surface area contributed by atoms with E-state index in [4.69, 9.17) is 9.47 Å². The van der Waals surface area contributed by atoms with Crippen LogP contribution in [0.1, 0.15) is 29.5 Å². The Kier molecular flexibility index (Phi) is 5.94. The average molecular weight is 339 g/mol. The fourth-order valence-electron chi connectivity index (χ4n) is 3.17. The first-order chi connectivity index (χ1) is 12.2. The van der Waals surface area contributed by atoms with Gasteiger partial charge in [-0.2, -0.15) is 0 Å². The molecule has 1 aliphatic carbocycles. The van der Waals surface area contributed by atoms with Gasteiger partial charge in [0.25, 0.3) is 5.91 Å². The molecule has 0 unspecified atom stereocenters. The molecule has 25 heavy (non-hydrogen) atoms. The average Bonchev–Trinajstić information content (AvgIpc) is 2.66. The summed E-state index contributed by atoms with van der Waals surface area (Å²) in [5, 5.41) is 2.90. The molecule has 0 radical (unpaired) electrons. The summed E-state index contributed by atoms with van der Waals surface area (Å²) in [5.41, 5.74) is 3.92. The summed E-state index contributed by atoms with van der Waals surface area (Å²) in [6.07, 6.45) is 5.53. The molecule has 0 fully saturated rings. The summed E-state index contributed by atoms with van der Waals surface area (Å²) >= 11 is 0. The number of methoxy groups -OCH3 is 1. The van der Waals surface area contributed by atoms with Crippen molar-refractivity contribution in [3.05, 3.63) is 59.2 Å². The lowest BCUT2D eigenvalue weighted by molar-refractivity contribution is -0.123. The third kappa shape index (κ3) is 4.99. The number of nitrogens with one attached hydrogen (secondary N) is 1. The van der Waals surface area contributed by atoms with Crippen molar-refractivity contribution in [2.75, 3.05) is 20.3 Å². The van der Waals surface area contributed by atoms with Gasteiger partial charge in [0.05, 0.1) is 7.11 Å². The molecule has 2 aromatic rings. The maximum absolute atomic E-state index is 12.0. The van der Waals surface area contributed by atoms with E-state index in [-0.39, 0.29) is 12.5 Å². The van der Waals surface area contributed by atoms with Crippen molar-refractivity contribution in [2.24, 2.45) is 0 Å². The fourth-order valence-corrected chi connectivity index (χ4v) is 3.17. The van der Waals surface area contributed by atoms with Crippen molar-refractivity contribution in [1.82, 2.24) is 5.32 Å². The third-order valence-electron chi connectivity index (χ3n) is 4.56. The quantitative estimate of drug-likeness (QED) is 0.842. The van der Waals surface area contributed by atoms with Crippen molar-refractivity contribution in [2.45, 2.75) is 32.1 Å². The van der Waals surface area contributed by atoms with Crippen LogP contribution < -0.4 is 14.8 Å². The van der Waals surface area contributed by atoms with Gasteiger partial charge in [0.15, 0.2) is 6.61 Å². The molecule has 1 aliphatic rings. The fraction of sp³-hybridized carbons (Fsp3) is 0.381. The van der Waals surface area contributed by atoms with Crippen molar-refractivity contribution < 1.29 is 14.3 Å². The number of hydrogen-bond donors (Lipinski definition) is 1. The molecule has 0 spiro atoms. The second kappa shape index (κ2) is 8.56. The molecule has 0 atom stereocenters. The van der Waals surface area contributed by atoms with Gasteiger partial charge in [-0.15, -0.1) is 0 Å². The highest BCUT2D eigenvalue weighted by molar-refractivity contribution is 5.77. The normalized spacial score (nSPS) is 13.0. The SMILES string of the molecule is COc1cccc(CCNC(=O)COc2ccc3c(c2)CCCC3)c1. The second-order valence-corrected chi connectivity index (χ2v) is 6.38. The van der Waals surface area contributed by atoms with E-state index in [9.17, 15) is 4.79 Å². The summed E-state index contributed by atoms with van der Waals surface area (Å²) in [5.74, 6) is 1.52. The number of benzene rings is 2. The minimum absolute atomic E-state index is 0.0525. The van der Waals surface area contributed by atoms with Crippen LogP contribution in [-0.2, 0) is 24.1 Å². The molecule has 0 saturated heterocycles. The molecule has 2 aromatic carbocycles. The highest BCUT2D eigenvalue weighted by atomic mass is 16.5. The number of amides is 1. The summed E-state index contributed by atoms with van der Waals surface area (Å²) in [6.45, 7) is 0.635. The lowest BCUT2D eigenvalue weighted by Gasteiger charge is -2.16. The van der Waals surface area contributed by atoms with Crippen LogP contribution in [-0.4, -0.2) is 26.2 Å². The van der Waals surface area contributed by atoms with Crippen LogP contribution in [0.2, 0.25) is 0 Å². The molecular weight excluding hydrogens is 314 g/mol. The zero-order valence-corrected chi connectivity index (χ0v) is 14.7. The maximum Gasteiger partial charge on any atom is 0.257 e. The molecule has 1 amide bonds. The number of rotatable bonds is 7. The first-order valence-corrected chi connectivity index (χ1v) is 8.89. The molecule has 4 nitrogen and oxygen atoms in total. The zero-order chi connectivity index (χ0) is 17.5. The first kappa shape index (κ1) is 17.3. The molecule has 0 bridgehead atoms. The van der Waals surface area contributed by atoms with E-state index in [2.05, 4.69) is 17.4 Å². The monoisotopic (exact) mass is 339 g/mol. The third-order valence-corrected chi connectivity index (χ3v) is 4.56. The highest BCUT2D eigenvalue weighted by Crippen LogP contribution is 2.25. The van der Waals surface area contributed by atoms with Crippen molar-refractivity contribution >= 4 is 5.91 Å². The molecule has 3 rings (SSSR count). The van der Waals surface area contributed by atoms with Crippen LogP contribution in [0.3, 0.4) is 0 Å². The summed E-state index contributed by atoms with van der Waals surface area (Å²) in [4.78, 5) is 12.0. The minimum atomic E-state index is -0.0967. The van der Waals surface area contributed by atoms with E-state index in [0.29, 0.717) is 6.54 Å². The molecule has 132 valence electrons. The Morgan fingerprint density at radius 1 is 1.04 bits per heavy atom. The van der Waals surface area contributed by atoms with Crippen molar-refractivity contribution in [1.29, 1.82) is 0 Å². The lowest BCUT2D eigenvalue weighted by atomic mass is 9.92. The predicted molar refractivity (Wildman–Crippen MR) is 98.3 cm³/mol. The van der Waals surface area contributed by atoms with Crippen LogP contribution in [0.25, 0.3) is 0 Å². The Morgan fingerprint density at radius 2 is 1.88 bits per heavy atom. The molecule has 1 N–H and O–H groups in total. The van der Waals surface area contributed by atoms with Gasteiger partial charge in [0.2, 0.25) is 0 Å². The van der Waals surface area contributed by atoms with E-state index in [1.54, 1.807) is 7.11 Å². The van der Waals surface area contributed by atoms with Crippen molar-refractivity contribution in [3.63, 3.8) is 0 Å². The number of carbonyl (C=O) groups is 1. The Labute approximate surface area is 149 Å². The summed E-state index contributed by atoms with van der Waals surface area (Å²) in [6, 6.07) is 14.0. The van der Waals surface area contributed by atoms with E-state index in [1.807, 2.05) is 30.3 Å². The van der Waals surface area contributed by atoms with E-state index < -0.39 is 0 Å². The number of fused-ring (bicyclic) bond motifs is 1.